The highest BCUT2D eigenvalue weighted by atomic mass is 16.5. The van der Waals surface area contributed by atoms with E-state index >= 15 is 0 Å². The largest absolute Gasteiger partial charge is 0.476 e. The molecule has 1 fully saturated rings. The van der Waals surface area contributed by atoms with Gasteiger partial charge in [0, 0.05) is 19.6 Å². The molecule has 0 amide bonds. The smallest absolute Gasteiger partial charge is 0.358 e. The summed E-state index contributed by atoms with van der Waals surface area (Å²) in [5.74, 6) is -1.05. The van der Waals surface area contributed by atoms with E-state index in [0.29, 0.717) is 6.54 Å². The summed E-state index contributed by atoms with van der Waals surface area (Å²) in [6.07, 6.45) is 1.66. The van der Waals surface area contributed by atoms with Crippen molar-refractivity contribution >= 4 is 5.97 Å². The van der Waals surface area contributed by atoms with Crippen molar-refractivity contribution in [3.63, 3.8) is 0 Å². The number of carboxylic acid groups (broad SMARTS) is 1. The van der Waals surface area contributed by atoms with Crippen molar-refractivity contribution in [3.8, 4) is 0 Å². The average molecular weight is 268 g/mol. The zero-order valence-electron chi connectivity index (χ0n) is 11.5. The van der Waals surface area contributed by atoms with E-state index in [2.05, 4.69) is 36.0 Å². The molecular formula is C12H20N4O3. The van der Waals surface area contributed by atoms with Crippen LogP contribution in [0.2, 0.25) is 0 Å². The third-order valence-corrected chi connectivity index (χ3v) is 3.04. The van der Waals surface area contributed by atoms with Crippen LogP contribution in [0, 0.1) is 0 Å². The Balaban J connectivity index is 1.89. The van der Waals surface area contributed by atoms with Gasteiger partial charge >= 0.3 is 5.97 Å². The lowest BCUT2D eigenvalue weighted by Gasteiger charge is -2.41. The predicted molar refractivity (Wildman–Crippen MR) is 68.0 cm³/mol. The second-order valence-corrected chi connectivity index (χ2v) is 5.60. The molecule has 2 heterocycles. The number of carbonyl (C=O) groups is 1. The molecule has 7 nitrogen and oxygen atoms in total. The minimum atomic E-state index is -1.05. The minimum Gasteiger partial charge on any atom is -0.476 e. The van der Waals surface area contributed by atoms with Crippen LogP contribution in [-0.2, 0) is 11.3 Å². The number of hydrogen-bond donors (Lipinski definition) is 1. The lowest BCUT2D eigenvalue weighted by Crippen LogP contribution is -2.52. The molecule has 1 aromatic rings. The molecule has 1 unspecified atom stereocenters. The number of aromatic carboxylic acids is 1. The first-order valence-electron chi connectivity index (χ1n) is 6.39. The molecule has 106 valence electrons. The molecule has 1 saturated heterocycles. The van der Waals surface area contributed by atoms with Gasteiger partial charge in [-0.05, 0) is 20.8 Å². The number of nitrogens with zero attached hydrogens (tertiary/aromatic N) is 4. The summed E-state index contributed by atoms with van der Waals surface area (Å²) in [5, 5.41) is 16.2. The van der Waals surface area contributed by atoms with E-state index in [-0.39, 0.29) is 17.4 Å². The van der Waals surface area contributed by atoms with Gasteiger partial charge in [0.05, 0.1) is 24.4 Å². The zero-order valence-corrected chi connectivity index (χ0v) is 11.5. The number of aromatic nitrogens is 3. The van der Waals surface area contributed by atoms with E-state index in [1.165, 1.54) is 6.20 Å². The quantitative estimate of drug-likeness (QED) is 0.855. The predicted octanol–water partition coefficient (Wildman–Crippen LogP) is 0.476. The fourth-order valence-electron chi connectivity index (χ4n) is 2.51. The first-order valence-corrected chi connectivity index (χ1v) is 6.39. The van der Waals surface area contributed by atoms with E-state index in [0.717, 1.165) is 19.6 Å². The Kier molecular flexibility index (Phi) is 3.86. The van der Waals surface area contributed by atoms with Crippen molar-refractivity contribution < 1.29 is 14.6 Å². The lowest BCUT2D eigenvalue weighted by molar-refractivity contribution is -0.129. The monoisotopic (exact) mass is 268 g/mol. The van der Waals surface area contributed by atoms with Gasteiger partial charge in [-0.25, -0.2) is 4.79 Å². The van der Waals surface area contributed by atoms with E-state index < -0.39 is 5.97 Å². The molecule has 1 aliphatic heterocycles. The van der Waals surface area contributed by atoms with Crippen LogP contribution in [0.4, 0.5) is 0 Å². The Morgan fingerprint density at radius 2 is 2.32 bits per heavy atom. The summed E-state index contributed by atoms with van der Waals surface area (Å²) < 4.78 is 7.40. The van der Waals surface area contributed by atoms with Crippen LogP contribution in [0.3, 0.4) is 0 Å². The molecule has 0 radical (unpaired) electrons. The topological polar surface area (TPSA) is 80.5 Å². The van der Waals surface area contributed by atoms with Crippen molar-refractivity contribution in [1.82, 2.24) is 19.9 Å². The Bertz CT molecular complexity index is 458. The Labute approximate surface area is 112 Å². The summed E-state index contributed by atoms with van der Waals surface area (Å²) in [5.41, 5.74) is -0.164. The average Bonchev–Trinajstić information content (AvgIpc) is 2.72. The third-order valence-electron chi connectivity index (χ3n) is 3.04. The maximum absolute atomic E-state index is 10.7. The standard InChI is InChI=1S/C12H20N4O3/c1-9-6-15(8-12(2,3)19-9)4-5-16-7-10(11(17)18)13-14-16/h7,9H,4-6,8H2,1-3H3,(H,17,18). The van der Waals surface area contributed by atoms with Gasteiger partial charge in [-0.3, -0.25) is 9.58 Å². The fourth-order valence-corrected chi connectivity index (χ4v) is 2.51. The van der Waals surface area contributed by atoms with Crippen molar-refractivity contribution in [2.24, 2.45) is 0 Å². The molecule has 1 aliphatic rings. The Morgan fingerprint density at radius 3 is 2.89 bits per heavy atom. The molecule has 2 rings (SSSR count). The number of carboxylic acids is 1. The zero-order chi connectivity index (χ0) is 14.0. The molecule has 1 aromatic heterocycles. The van der Waals surface area contributed by atoms with Gasteiger partial charge in [0.2, 0.25) is 0 Å². The maximum atomic E-state index is 10.7. The van der Waals surface area contributed by atoms with Crippen LogP contribution >= 0.6 is 0 Å². The molecule has 1 atom stereocenters. The van der Waals surface area contributed by atoms with Crippen LogP contribution in [0.5, 0.6) is 0 Å². The molecule has 0 saturated carbocycles. The first-order chi connectivity index (χ1) is 8.85. The van der Waals surface area contributed by atoms with Gasteiger partial charge in [0.1, 0.15) is 0 Å². The summed E-state index contributed by atoms with van der Waals surface area (Å²) >= 11 is 0. The highest BCUT2D eigenvalue weighted by Crippen LogP contribution is 2.20. The fraction of sp³-hybridized carbons (Fsp3) is 0.750. The highest BCUT2D eigenvalue weighted by Gasteiger charge is 2.30. The van der Waals surface area contributed by atoms with Crippen LogP contribution in [0.1, 0.15) is 31.3 Å². The van der Waals surface area contributed by atoms with Gasteiger partial charge < -0.3 is 9.84 Å². The van der Waals surface area contributed by atoms with Crippen LogP contribution in [0.15, 0.2) is 6.20 Å². The van der Waals surface area contributed by atoms with Crippen molar-refractivity contribution in [2.75, 3.05) is 19.6 Å². The molecule has 0 aliphatic carbocycles. The summed E-state index contributed by atoms with van der Waals surface area (Å²) in [7, 11) is 0. The summed E-state index contributed by atoms with van der Waals surface area (Å²) in [6.45, 7) is 9.39. The Morgan fingerprint density at radius 1 is 1.58 bits per heavy atom. The number of rotatable bonds is 4. The third kappa shape index (κ3) is 3.74. The van der Waals surface area contributed by atoms with E-state index in [4.69, 9.17) is 9.84 Å². The van der Waals surface area contributed by atoms with Crippen molar-refractivity contribution in [2.45, 2.75) is 39.0 Å². The van der Waals surface area contributed by atoms with E-state index in [1.54, 1.807) is 4.68 Å². The van der Waals surface area contributed by atoms with Crippen LogP contribution in [0.25, 0.3) is 0 Å². The number of ether oxygens (including phenoxy) is 1. The van der Waals surface area contributed by atoms with E-state index in [1.807, 2.05) is 0 Å². The Hall–Kier alpha value is -1.47. The maximum Gasteiger partial charge on any atom is 0.358 e. The van der Waals surface area contributed by atoms with Gasteiger partial charge in [0.25, 0.3) is 0 Å². The van der Waals surface area contributed by atoms with Crippen molar-refractivity contribution in [3.05, 3.63) is 11.9 Å². The van der Waals surface area contributed by atoms with Crippen LogP contribution in [-0.4, -0.2) is 62.3 Å². The normalized spacial score (nSPS) is 23.4. The molecule has 0 spiro atoms. The molecule has 7 heteroatoms. The summed E-state index contributed by atoms with van der Waals surface area (Å²) in [6, 6.07) is 0. The highest BCUT2D eigenvalue weighted by molar-refractivity contribution is 5.84. The number of hydrogen-bond acceptors (Lipinski definition) is 5. The SMILES string of the molecule is CC1CN(CCn2cc(C(=O)O)nn2)CC(C)(C)O1. The molecule has 19 heavy (non-hydrogen) atoms. The molecule has 0 aromatic carbocycles. The number of morpholine rings is 1. The van der Waals surface area contributed by atoms with Gasteiger partial charge in [0.15, 0.2) is 5.69 Å². The van der Waals surface area contributed by atoms with Gasteiger partial charge in [-0.15, -0.1) is 5.10 Å². The van der Waals surface area contributed by atoms with E-state index in [9.17, 15) is 4.79 Å². The van der Waals surface area contributed by atoms with Crippen LogP contribution < -0.4 is 0 Å². The minimum absolute atomic E-state index is 0.0179. The lowest BCUT2D eigenvalue weighted by atomic mass is 10.1. The molecule has 1 N–H and O–H groups in total. The summed E-state index contributed by atoms with van der Waals surface area (Å²) in [4.78, 5) is 13.0. The van der Waals surface area contributed by atoms with Gasteiger partial charge in [-0.2, -0.15) is 0 Å². The second kappa shape index (κ2) is 5.26. The second-order valence-electron chi connectivity index (χ2n) is 5.60. The van der Waals surface area contributed by atoms with Gasteiger partial charge in [-0.1, -0.05) is 5.21 Å². The first kappa shape index (κ1) is 14.0. The molecule has 0 bridgehead atoms. The van der Waals surface area contributed by atoms with Crippen molar-refractivity contribution in [1.29, 1.82) is 0 Å². The molecular weight excluding hydrogens is 248 g/mol.